The maximum Gasteiger partial charge on any atom is 0.223 e. The summed E-state index contributed by atoms with van der Waals surface area (Å²) in [4.78, 5) is 15.9. The second-order valence-electron chi connectivity index (χ2n) is 10.1. The van der Waals surface area contributed by atoms with Gasteiger partial charge in [-0.25, -0.2) is 0 Å². The number of nitrogens with zero attached hydrogens (tertiary/aromatic N) is 2. The van der Waals surface area contributed by atoms with Gasteiger partial charge in [0.05, 0.1) is 10.0 Å². The van der Waals surface area contributed by atoms with Gasteiger partial charge in [-0.05, 0) is 106 Å². The lowest BCUT2D eigenvalue weighted by molar-refractivity contribution is -0.116. The highest BCUT2D eigenvalue weighted by atomic mass is 35.5. The van der Waals surface area contributed by atoms with Gasteiger partial charge in [-0.2, -0.15) is 0 Å². The summed E-state index contributed by atoms with van der Waals surface area (Å²) in [6, 6.07) is 14.8. The van der Waals surface area contributed by atoms with Gasteiger partial charge < -0.3 is 15.1 Å². The fraction of sp³-hybridized carbons (Fsp3) is 0.536. The van der Waals surface area contributed by atoms with Crippen molar-refractivity contribution in [1.29, 1.82) is 0 Å². The number of hydrogen-bond acceptors (Lipinski definition) is 3. The van der Waals surface area contributed by atoms with Gasteiger partial charge in [0.1, 0.15) is 0 Å². The number of piperidine rings is 2. The molecule has 2 aliphatic rings. The van der Waals surface area contributed by atoms with E-state index in [-0.39, 0.29) is 23.7 Å². The number of halogens is 3. The molecule has 0 saturated carbocycles. The van der Waals surface area contributed by atoms with E-state index in [9.17, 15) is 4.79 Å². The van der Waals surface area contributed by atoms with Gasteiger partial charge in [0.25, 0.3) is 0 Å². The Morgan fingerprint density at radius 1 is 1.11 bits per heavy atom. The fourth-order valence-corrected chi connectivity index (χ4v) is 5.98. The Morgan fingerprint density at radius 2 is 1.83 bits per heavy atom. The second-order valence-corrected chi connectivity index (χ2v) is 10.9. The average molecular weight is 539 g/mol. The van der Waals surface area contributed by atoms with Crippen LogP contribution in [0.2, 0.25) is 10.0 Å². The molecule has 1 atom stereocenters. The van der Waals surface area contributed by atoms with E-state index >= 15 is 0 Å². The number of rotatable bonds is 7. The number of likely N-dealkylation sites (tertiary alicyclic amines) is 1. The van der Waals surface area contributed by atoms with Crippen LogP contribution in [0, 0.1) is 0 Å². The van der Waals surface area contributed by atoms with Crippen molar-refractivity contribution >= 4 is 47.2 Å². The molecule has 192 valence electrons. The Labute approximate surface area is 226 Å². The highest BCUT2D eigenvalue weighted by Gasteiger charge is 2.34. The largest absolute Gasteiger partial charge is 0.316 e. The first kappa shape index (κ1) is 28.3. The van der Waals surface area contributed by atoms with Crippen LogP contribution in [0.15, 0.2) is 42.5 Å². The topological polar surface area (TPSA) is 35.6 Å². The van der Waals surface area contributed by atoms with Gasteiger partial charge in [0.2, 0.25) is 5.91 Å². The first-order valence-electron chi connectivity index (χ1n) is 12.6. The van der Waals surface area contributed by atoms with Crippen molar-refractivity contribution in [3.8, 4) is 0 Å². The predicted molar refractivity (Wildman–Crippen MR) is 151 cm³/mol. The van der Waals surface area contributed by atoms with Gasteiger partial charge in [-0.3, -0.25) is 4.79 Å². The van der Waals surface area contributed by atoms with E-state index < -0.39 is 0 Å². The molecule has 1 N–H and O–H groups in total. The minimum atomic E-state index is 0. The maximum absolute atomic E-state index is 11.6. The van der Waals surface area contributed by atoms with Gasteiger partial charge in [-0.15, -0.1) is 12.4 Å². The highest BCUT2D eigenvalue weighted by molar-refractivity contribution is 6.42. The van der Waals surface area contributed by atoms with Crippen LogP contribution in [0.4, 0.5) is 5.69 Å². The number of anilines is 1. The number of carbonyl (C=O) groups is 1. The number of hydrogen-bond donors (Lipinski definition) is 1. The summed E-state index contributed by atoms with van der Waals surface area (Å²) >= 11 is 12.6. The molecule has 1 unspecified atom stereocenters. The minimum Gasteiger partial charge on any atom is -0.316 e. The molecule has 2 aliphatic heterocycles. The lowest BCUT2D eigenvalue weighted by Gasteiger charge is -2.39. The van der Waals surface area contributed by atoms with Crippen LogP contribution in [0.1, 0.15) is 62.5 Å². The third kappa shape index (κ3) is 6.93. The molecular formula is C28H38Cl3N3O. The molecule has 2 fully saturated rings. The number of amides is 1. The van der Waals surface area contributed by atoms with Crippen LogP contribution in [0.25, 0.3) is 0 Å². The van der Waals surface area contributed by atoms with Crippen LogP contribution in [0.3, 0.4) is 0 Å². The molecule has 4 nitrogen and oxygen atoms in total. The third-order valence-electron chi connectivity index (χ3n) is 7.95. The molecule has 0 aromatic heterocycles. The van der Waals surface area contributed by atoms with Crippen LogP contribution in [-0.2, 0) is 10.2 Å². The number of benzene rings is 2. The van der Waals surface area contributed by atoms with Crippen LogP contribution >= 0.6 is 35.6 Å². The van der Waals surface area contributed by atoms with Crippen LogP contribution in [0.5, 0.6) is 0 Å². The zero-order chi connectivity index (χ0) is 24.1. The van der Waals surface area contributed by atoms with E-state index in [0.29, 0.717) is 16.0 Å². The van der Waals surface area contributed by atoms with Gasteiger partial charge >= 0.3 is 0 Å². The maximum atomic E-state index is 11.6. The van der Waals surface area contributed by atoms with Gasteiger partial charge in [-0.1, -0.05) is 41.4 Å². The smallest absolute Gasteiger partial charge is 0.223 e. The minimum absolute atomic E-state index is 0. The Balaban J connectivity index is 0.00000342. The standard InChI is InChI=1S/C28H37Cl2N3O.ClH/c1-21(34)32(2)25-8-5-22(6-9-25)23-11-17-33(18-12-23)16-4-14-28(13-3-15-31-20-28)24-7-10-26(29)27(30)19-24;/h5-10,19,23,31H,3-4,11-18,20H2,1-2H3;1H. The molecule has 0 spiro atoms. The van der Waals surface area contributed by atoms with Crippen molar-refractivity contribution in [2.45, 2.75) is 56.8 Å². The average Bonchev–Trinajstić information content (AvgIpc) is 2.86. The molecule has 2 aromatic rings. The summed E-state index contributed by atoms with van der Waals surface area (Å²) in [7, 11) is 1.82. The molecule has 2 aromatic carbocycles. The van der Waals surface area contributed by atoms with E-state index in [1.165, 1.54) is 49.7 Å². The first-order valence-corrected chi connectivity index (χ1v) is 13.4. The molecule has 2 saturated heterocycles. The van der Waals surface area contributed by atoms with Gasteiger partial charge in [0.15, 0.2) is 0 Å². The third-order valence-corrected chi connectivity index (χ3v) is 8.68. The zero-order valence-corrected chi connectivity index (χ0v) is 23.2. The molecule has 0 bridgehead atoms. The monoisotopic (exact) mass is 537 g/mol. The van der Waals surface area contributed by atoms with Crippen molar-refractivity contribution < 1.29 is 4.79 Å². The normalized spacial score (nSPS) is 21.4. The lowest BCUT2D eigenvalue weighted by atomic mass is 9.71. The molecule has 0 aliphatic carbocycles. The van der Waals surface area contributed by atoms with E-state index in [0.717, 1.165) is 38.4 Å². The fourth-order valence-electron chi connectivity index (χ4n) is 5.68. The summed E-state index contributed by atoms with van der Waals surface area (Å²) < 4.78 is 0. The van der Waals surface area contributed by atoms with Crippen LogP contribution in [-0.4, -0.2) is 50.6 Å². The van der Waals surface area contributed by atoms with Crippen molar-refractivity contribution in [3.63, 3.8) is 0 Å². The molecule has 1 amide bonds. The van der Waals surface area contributed by atoms with Crippen LogP contribution < -0.4 is 10.2 Å². The SMILES string of the molecule is CC(=O)N(C)c1ccc(C2CCN(CCCC3(c4ccc(Cl)c(Cl)c4)CCCNC3)CC2)cc1.Cl. The molecular weight excluding hydrogens is 501 g/mol. The Morgan fingerprint density at radius 3 is 2.43 bits per heavy atom. The van der Waals surface area contributed by atoms with Crippen molar-refractivity contribution in [2.75, 3.05) is 44.7 Å². The van der Waals surface area contributed by atoms with E-state index in [1.807, 2.05) is 13.1 Å². The van der Waals surface area contributed by atoms with Crippen molar-refractivity contribution in [1.82, 2.24) is 10.2 Å². The summed E-state index contributed by atoms with van der Waals surface area (Å²) in [5, 5.41) is 4.92. The predicted octanol–water partition coefficient (Wildman–Crippen LogP) is 6.68. The Kier molecular flexibility index (Phi) is 10.3. The first-order chi connectivity index (χ1) is 16.4. The van der Waals surface area contributed by atoms with E-state index in [1.54, 1.807) is 11.8 Å². The summed E-state index contributed by atoms with van der Waals surface area (Å²) in [6.07, 6.45) is 7.16. The lowest BCUT2D eigenvalue weighted by Crippen LogP contribution is -2.44. The Hall–Kier alpha value is -1.30. The molecule has 7 heteroatoms. The zero-order valence-electron chi connectivity index (χ0n) is 20.9. The van der Waals surface area contributed by atoms with Gasteiger partial charge in [0, 0.05) is 31.6 Å². The molecule has 35 heavy (non-hydrogen) atoms. The number of carbonyl (C=O) groups excluding carboxylic acids is 1. The Bertz CT molecular complexity index is 968. The quantitative estimate of drug-likeness (QED) is 0.427. The summed E-state index contributed by atoms with van der Waals surface area (Å²) in [5.74, 6) is 0.670. The summed E-state index contributed by atoms with van der Waals surface area (Å²) in [6.45, 7) is 7.17. The molecule has 0 radical (unpaired) electrons. The van der Waals surface area contributed by atoms with Crippen molar-refractivity contribution in [3.05, 3.63) is 63.6 Å². The number of nitrogens with one attached hydrogen (secondary N) is 1. The highest BCUT2D eigenvalue weighted by Crippen LogP contribution is 2.38. The van der Waals surface area contributed by atoms with E-state index in [4.69, 9.17) is 23.2 Å². The van der Waals surface area contributed by atoms with Crippen molar-refractivity contribution in [2.24, 2.45) is 0 Å². The molecule has 4 rings (SSSR count). The summed E-state index contributed by atoms with van der Waals surface area (Å²) in [5.41, 5.74) is 3.83. The van der Waals surface area contributed by atoms with E-state index in [2.05, 4.69) is 46.6 Å². The second kappa shape index (κ2) is 12.8. The molecule has 2 heterocycles.